The Morgan fingerprint density at radius 1 is 1.32 bits per heavy atom. The molecule has 1 aliphatic heterocycles. The van der Waals surface area contributed by atoms with E-state index in [2.05, 4.69) is 22.4 Å². The third-order valence-electron chi connectivity index (χ3n) is 4.30. The van der Waals surface area contributed by atoms with Gasteiger partial charge >= 0.3 is 0 Å². The van der Waals surface area contributed by atoms with Crippen LogP contribution >= 0.6 is 0 Å². The zero-order chi connectivity index (χ0) is 18.0. The van der Waals surface area contributed by atoms with Crippen molar-refractivity contribution in [2.24, 2.45) is 0 Å². The molecule has 2 aromatic rings. The molecule has 0 amide bonds. The van der Waals surface area contributed by atoms with Gasteiger partial charge < -0.3 is 14.8 Å². The molecule has 1 aromatic heterocycles. The summed E-state index contributed by atoms with van der Waals surface area (Å²) in [5.74, 6) is 1.24. The summed E-state index contributed by atoms with van der Waals surface area (Å²) in [5, 5.41) is 12.6. The second kappa shape index (κ2) is 6.86. The van der Waals surface area contributed by atoms with E-state index in [1.54, 1.807) is 13.2 Å². The number of nitrogens with one attached hydrogen (secondary N) is 1. The van der Waals surface area contributed by atoms with E-state index in [-0.39, 0.29) is 5.92 Å². The quantitative estimate of drug-likeness (QED) is 0.910. The molecule has 1 atom stereocenters. The van der Waals surface area contributed by atoms with Crippen LogP contribution in [0.15, 0.2) is 36.2 Å². The second-order valence-electron chi connectivity index (χ2n) is 5.99. The van der Waals surface area contributed by atoms with Gasteiger partial charge in [-0.3, -0.25) is 0 Å². The predicted octanol–water partition coefficient (Wildman–Crippen LogP) is 4.13. The molecule has 3 rings (SSSR count). The molecule has 25 heavy (non-hydrogen) atoms. The Morgan fingerprint density at radius 2 is 2.12 bits per heavy atom. The number of methoxy groups -OCH3 is 1. The molecule has 5 nitrogen and oxygen atoms in total. The van der Waals surface area contributed by atoms with Crippen molar-refractivity contribution in [3.63, 3.8) is 0 Å². The van der Waals surface area contributed by atoms with Gasteiger partial charge in [-0.15, -0.1) is 0 Å². The number of anilines is 1. The lowest BCUT2D eigenvalue weighted by Crippen LogP contribution is -2.16. The van der Waals surface area contributed by atoms with Gasteiger partial charge in [-0.1, -0.05) is 12.1 Å². The Balaban J connectivity index is 2.23. The Morgan fingerprint density at radius 3 is 2.80 bits per heavy atom. The monoisotopic (exact) mass is 335 g/mol. The first-order valence-electron chi connectivity index (χ1n) is 8.24. The topological polar surface area (TPSA) is 67.2 Å². The summed E-state index contributed by atoms with van der Waals surface area (Å²) in [4.78, 5) is 4.49. The van der Waals surface area contributed by atoms with Crippen LogP contribution in [0, 0.1) is 18.3 Å². The van der Waals surface area contributed by atoms with E-state index in [4.69, 9.17) is 14.7 Å². The standard InChI is InChI=1S/C20H21N3O2/c1-5-25-20-18-16(8-13(3)23-19(18)12(2)11-22-20)15-7-6-14(10-21)9-17(15)24-4/h6-9,11,16,23H,5H2,1-4H3. The van der Waals surface area contributed by atoms with E-state index >= 15 is 0 Å². The fourth-order valence-electron chi connectivity index (χ4n) is 3.17. The molecule has 1 unspecified atom stereocenters. The van der Waals surface area contributed by atoms with Crippen LogP contribution in [0.1, 0.15) is 42.0 Å². The van der Waals surface area contributed by atoms with E-state index in [0.717, 1.165) is 28.1 Å². The second-order valence-corrected chi connectivity index (χ2v) is 5.99. The molecule has 5 heteroatoms. The van der Waals surface area contributed by atoms with Gasteiger partial charge in [0.15, 0.2) is 0 Å². The molecule has 0 radical (unpaired) electrons. The number of benzene rings is 1. The van der Waals surface area contributed by atoms with Crippen LogP contribution in [0.3, 0.4) is 0 Å². The van der Waals surface area contributed by atoms with Crippen molar-refractivity contribution in [1.29, 1.82) is 5.26 Å². The summed E-state index contributed by atoms with van der Waals surface area (Å²) >= 11 is 0. The van der Waals surface area contributed by atoms with Crippen molar-refractivity contribution in [2.45, 2.75) is 26.7 Å². The first-order chi connectivity index (χ1) is 12.1. The van der Waals surface area contributed by atoms with Crippen LogP contribution in [0.2, 0.25) is 0 Å². The number of rotatable bonds is 4. The third kappa shape index (κ3) is 3.03. The predicted molar refractivity (Wildman–Crippen MR) is 97.1 cm³/mol. The van der Waals surface area contributed by atoms with Gasteiger partial charge in [0.1, 0.15) is 5.75 Å². The lowest BCUT2D eigenvalue weighted by atomic mass is 9.85. The van der Waals surface area contributed by atoms with Crippen LogP contribution in [0.5, 0.6) is 11.6 Å². The van der Waals surface area contributed by atoms with Gasteiger partial charge in [-0.2, -0.15) is 5.26 Å². The highest BCUT2D eigenvalue weighted by atomic mass is 16.5. The molecule has 128 valence electrons. The summed E-state index contributed by atoms with van der Waals surface area (Å²) in [6, 6.07) is 7.68. The molecular weight excluding hydrogens is 314 g/mol. The normalized spacial score (nSPS) is 15.5. The minimum absolute atomic E-state index is 0.0621. The summed E-state index contributed by atoms with van der Waals surface area (Å²) in [7, 11) is 1.62. The first-order valence-corrected chi connectivity index (χ1v) is 8.24. The lowest BCUT2D eigenvalue weighted by molar-refractivity contribution is 0.322. The summed E-state index contributed by atoms with van der Waals surface area (Å²) in [5.41, 5.74) is 5.69. The van der Waals surface area contributed by atoms with Gasteiger partial charge in [0, 0.05) is 28.9 Å². The maximum Gasteiger partial charge on any atom is 0.219 e. The number of fused-ring (bicyclic) bond motifs is 1. The highest BCUT2D eigenvalue weighted by Gasteiger charge is 2.28. The van der Waals surface area contributed by atoms with Crippen molar-refractivity contribution in [1.82, 2.24) is 4.98 Å². The molecule has 1 N–H and O–H groups in total. The molecule has 1 aliphatic rings. The Bertz CT molecular complexity index is 881. The van der Waals surface area contributed by atoms with Crippen molar-refractivity contribution in [3.8, 4) is 17.7 Å². The number of pyridine rings is 1. The van der Waals surface area contributed by atoms with Crippen LogP contribution < -0.4 is 14.8 Å². The summed E-state index contributed by atoms with van der Waals surface area (Å²) < 4.78 is 11.4. The number of hydrogen-bond donors (Lipinski definition) is 1. The maximum atomic E-state index is 9.15. The Hall–Kier alpha value is -3.00. The largest absolute Gasteiger partial charge is 0.496 e. The fourth-order valence-corrected chi connectivity index (χ4v) is 3.17. The zero-order valence-corrected chi connectivity index (χ0v) is 14.9. The number of aromatic nitrogens is 1. The number of nitriles is 1. The van der Waals surface area contributed by atoms with Crippen molar-refractivity contribution < 1.29 is 9.47 Å². The average molecular weight is 335 g/mol. The van der Waals surface area contributed by atoms with E-state index < -0.39 is 0 Å². The minimum atomic E-state index is -0.0621. The molecule has 0 bridgehead atoms. The van der Waals surface area contributed by atoms with Crippen molar-refractivity contribution in [2.75, 3.05) is 19.0 Å². The van der Waals surface area contributed by atoms with E-state index in [1.165, 1.54) is 0 Å². The van der Waals surface area contributed by atoms with E-state index in [9.17, 15) is 0 Å². The SMILES string of the molecule is CCOc1ncc(C)c2c1C(c1ccc(C#N)cc1OC)C=C(C)N2. The fraction of sp³-hybridized carbons (Fsp3) is 0.300. The van der Waals surface area contributed by atoms with E-state index in [0.29, 0.717) is 23.8 Å². The first kappa shape index (κ1) is 16.8. The number of aryl methyl sites for hydroxylation is 1. The van der Waals surface area contributed by atoms with Crippen molar-refractivity contribution in [3.05, 3.63) is 58.4 Å². The van der Waals surface area contributed by atoms with Gasteiger partial charge in [-0.25, -0.2) is 4.98 Å². The minimum Gasteiger partial charge on any atom is -0.496 e. The lowest BCUT2D eigenvalue weighted by Gasteiger charge is -2.28. The zero-order valence-electron chi connectivity index (χ0n) is 14.9. The average Bonchev–Trinajstić information content (AvgIpc) is 2.63. The third-order valence-corrected chi connectivity index (χ3v) is 4.30. The maximum absolute atomic E-state index is 9.15. The molecular formula is C20H21N3O2. The number of hydrogen-bond acceptors (Lipinski definition) is 5. The summed E-state index contributed by atoms with van der Waals surface area (Å²) in [6.45, 7) is 6.55. The number of ether oxygens (including phenoxy) is 2. The molecule has 0 spiro atoms. The number of allylic oxidation sites excluding steroid dienone is 2. The van der Waals surface area contributed by atoms with Gasteiger partial charge in [-0.05, 0) is 38.5 Å². The van der Waals surface area contributed by atoms with Gasteiger partial charge in [0.05, 0.1) is 31.0 Å². The smallest absolute Gasteiger partial charge is 0.219 e. The molecule has 0 saturated carbocycles. The van der Waals surface area contributed by atoms with Crippen LogP contribution in [-0.4, -0.2) is 18.7 Å². The molecule has 0 aliphatic carbocycles. The highest BCUT2D eigenvalue weighted by molar-refractivity contribution is 5.70. The van der Waals surface area contributed by atoms with Gasteiger partial charge in [0.25, 0.3) is 0 Å². The van der Waals surface area contributed by atoms with Crippen LogP contribution in [0.25, 0.3) is 0 Å². The Kier molecular flexibility index (Phi) is 4.62. The van der Waals surface area contributed by atoms with Crippen LogP contribution in [0.4, 0.5) is 5.69 Å². The summed E-state index contributed by atoms with van der Waals surface area (Å²) in [6.07, 6.45) is 3.96. The molecule has 2 heterocycles. The van der Waals surface area contributed by atoms with Crippen LogP contribution in [-0.2, 0) is 0 Å². The highest BCUT2D eigenvalue weighted by Crippen LogP contribution is 2.45. The van der Waals surface area contributed by atoms with Crippen molar-refractivity contribution >= 4 is 5.69 Å². The van der Waals surface area contributed by atoms with E-state index in [1.807, 2.05) is 39.1 Å². The number of nitrogens with zero attached hydrogens (tertiary/aromatic N) is 2. The molecule has 1 aromatic carbocycles. The van der Waals surface area contributed by atoms with Gasteiger partial charge in [0.2, 0.25) is 5.88 Å². The molecule has 0 saturated heterocycles. The Labute approximate surface area is 147 Å². The molecule has 0 fully saturated rings.